The molecule has 0 aliphatic heterocycles. The molecule has 1 nitrogen and oxygen atoms in total. The van der Waals surface area contributed by atoms with Crippen molar-refractivity contribution in [2.45, 2.75) is 38.2 Å². The van der Waals surface area contributed by atoms with E-state index in [4.69, 9.17) is 0 Å². The van der Waals surface area contributed by atoms with Crippen molar-refractivity contribution >= 4 is 12.4 Å². The van der Waals surface area contributed by atoms with E-state index in [0.717, 1.165) is 12.8 Å². The van der Waals surface area contributed by atoms with Gasteiger partial charge in [0.15, 0.2) is 0 Å². The molecule has 0 heterocycles. The van der Waals surface area contributed by atoms with Crippen molar-refractivity contribution in [2.75, 3.05) is 6.54 Å². The van der Waals surface area contributed by atoms with Gasteiger partial charge in [-0.05, 0) is 12.8 Å². The molecule has 1 aliphatic carbocycles. The molecule has 4 heteroatoms. The van der Waals surface area contributed by atoms with Crippen LogP contribution in [0.2, 0.25) is 0 Å². The summed E-state index contributed by atoms with van der Waals surface area (Å²) in [7, 11) is 0. The molecule has 0 bridgehead atoms. The van der Waals surface area contributed by atoms with Crippen LogP contribution in [0.25, 0.3) is 0 Å². The van der Waals surface area contributed by atoms with Crippen LogP contribution in [0, 0.1) is 0 Å². The first-order valence-corrected chi connectivity index (χ1v) is 3.80. The molecule has 0 spiro atoms. The summed E-state index contributed by atoms with van der Waals surface area (Å²) < 4.78 is 23.3. The second-order valence-electron chi connectivity index (χ2n) is 2.78. The molecule has 1 saturated carbocycles. The smallest absolute Gasteiger partial charge is 0.250 e. The van der Waals surface area contributed by atoms with E-state index in [1.54, 1.807) is 0 Å². The molecular formula is C7H14ClF2N. The van der Waals surface area contributed by atoms with Crippen LogP contribution >= 0.6 is 12.4 Å². The van der Waals surface area contributed by atoms with E-state index in [2.05, 4.69) is 5.32 Å². The molecule has 0 aromatic rings. The van der Waals surface area contributed by atoms with E-state index >= 15 is 0 Å². The van der Waals surface area contributed by atoms with Crippen molar-refractivity contribution in [2.24, 2.45) is 0 Å². The van der Waals surface area contributed by atoms with Gasteiger partial charge in [-0.15, -0.1) is 12.4 Å². The Morgan fingerprint density at radius 1 is 1.27 bits per heavy atom. The van der Waals surface area contributed by atoms with Gasteiger partial charge in [-0.2, -0.15) is 0 Å². The molecule has 0 radical (unpaired) electrons. The molecule has 68 valence electrons. The van der Waals surface area contributed by atoms with Crippen molar-refractivity contribution in [3.8, 4) is 0 Å². The van der Waals surface area contributed by atoms with Crippen LogP contribution in [0.3, 0.4) is 0 Å². The molecule has 0 saturated heterocycles. The van der Waals surface area contributed by atoms with Crippen LogP contribution in [0.5, 0.6) is 0 Å². The summed E-state index contributed by atoms with van der Waals surface area (Å²) in [6.07, 6.45) is 2.35. The minimum atomic E-state index is -2.19. The van der Waals surface area contributed by atoms with E-state index in [9.17, 15) is 8.78 Å². The first kappa shape index (κ1) is 11.1. The van der Waals surface area contributed by atoms with E-state index < -0.39 is 6.43 Å². The quantitative estimate of drug-likeness (QED) is 0.711. The van der Waals surface area contributed by atoms with Crippen LogP contribution in [0.1, 0.15) is 25.7 Å². The van der Waals surface area contributed by atoms with E-state index in [1.165, 1.54) is 12.8 Å². The SMILES string of the molecule is Cl.FC(F)CNC1CCCC1. The Kier molecular flexibility index (Phi) is 5.78. The van der Waals surface area contributed by atoms with E-state index in [1.807, 2.05) is 0 Å². The summed E-state index contributed by atoms with van der Waals surface area (Å²) in [5, 5.41) is 2.83. The van der Waals surface area contributed by atoms with Crippen molar-refractivity contribution in [1.29, 1.82) is 0 Å². The lowest BCUT2D eigenvalue weighted by atomic mass is 10.2. The molecule has 1 fully saturated rings. The van der Waals surface area contributed by atoms with Crippen LogP contribution in [-0.4, -0.2) is 19.0 Å². The highest BCUT2D eigenvalue weighted by molar-refractivity contribution is 5.85. The van der Waals surface area contributed by atoms with Gasteiger partial charge in [-0.3, -0.25) is 0 Å². The Hall–Kier alpha value is 0.110. The number of rotatable bonds is 3. The largest absolute Gasteiger partial charge is 0.309 e. The van der Waals surface area contributed by atoms with Crippen molar-refractivity contribution in [3.05, 3.63) is 0 Å². The normalized spacial score (nSPS) is 18.8. The van der Waals surface area contributed by atoms with Gasteiger partial charge >= 0.3 is 0 Å². The summed E-state index contributed by atoms with van der Waals surface area (Å²) in [6.45, 7) is -0.134. The fourth-order valence-electron chi connectivity index (χ4n) is 1.39. The van der Waals surface area contributed by atoms with Crippen molar-refractivity contribution < 1.29 is 8.78 Å². The topological polar surface area (TPSA) is 12.0 Å². The monoisotopic (exact) mass is 185 g/mol. The Bertz CT molecular complexity index is 94.4. The number of halogens is 3. The van der Waals surface area contributed by atoms with Gasteiger partial charge in [-0.25, -0.2) is 8.78 Å². The number of nitrogens with one attached hydrogen (secondary N) is 1. The number of alkyl halides is 2. The van der Waals surface area contributed by atoms with Gasteiger partial charge < -0.3 is 5.32 Å². The molecule has 1 rings (SSSR count). The minimum Gasteiger partial charge on any atom is -0.309 e. The lowest BCUT2D eigenvalue weighted by Gasteiger charge is -2.09. The molecule has 0 atom stereocenters. The van der Waals surface area contributed by atoms with Gasteiger partial charge in [0.25, 0.3) is 6.43 Å². The maximum absolute atomic E-state index is 11.6. The molecule has 11 heavy (non-hydrogen) atoms. The lowest BCUT2D eigenvalue weighted by Crippen LogP contribution is -2.30. The molecular weight excluding hydrogens is 172 g/mol. The Labute approximate surface area is 72.0 Å². The summed E-state index contributed by atoms with van der Waals surface area (Å²) in [5.74, 6) is 0. The predicted octanol–water partition coefficient (Wildman–Crippen LogP) is 2.21. The molecule has 0 amide bonds. The minimum absolute atomic E-state index is 0. The van der Waals surface area contributed by atoms with Crippen LogP contribution < -0.4 is 5.32 Å². The van der Waals surface area contributed by atoms with Gasteiger partial charge in [0.2, 0.25) is 0 Å². The predicted molar refractivity (Wildman–Crippen MR) is 43.5 cm³/mol. The summed E-state index contributed by atoms with van der Waals surface area (Å²) >= 11 is 0. The maximum atomic E-state index is 11.6. The molecule has 0 unspecified atom stereocenters. The second kappa shape index (κ2) is 5.72. The molecule has 1 aliphatic rings. The Balaban J connectivity index is 0.000001000. The lowest BCUT2D eigenvalue weighted by molar-refractivity contribution is 0.141. The highest BCUT2D eigenvalue weighted by Gasteiger charge is 2.15. The second-order valence-corrected chi connectivity index (χ2v) is 2.78. The Morgan fingerprint density at radius 2 is 1.82 bits per heavy atom. The molecule has 0 aromatic heterocycles. The molecule has 0 aromatic carbocycles. The third kappa shape index (κ3) is 4.53. The van der Waals surface area contributed by atoms with Crippen LogP contribution in [-0.2, 0) is 0 Å². The van der Waals surface area contributed by atoms with Crippen LogP contribution in [0.4, 0.5) is 8.78 Å². The van der Waals surface area contributed by atoms with E-state index in [0.29, 0.717) is 6.04 Å². The van der Waals surface area contributed by atoms with Gasteiger partial charge in [0.1, 0.15) is 0 Å². The maximum Gasteiger partial charge on any atom is 0.250 e. The summed E-state index contributed by atoms with van der Waals surface area (Å²) in [4.78, 5) is 0. The zero-order chi connectivity index (χ0) is 7.40. The average Bonchev–Trinajstić information content (AvgIpc) is 2.34. The molecule has 1 N–H and O–H groups in total. The van der Waals surface area contributed by atoms with Gasteiger partial charge in [0, 0.05) is 6.04 Å². The van der Waals surface area contributed by atoms with Gasteiger partial charge in [-0.1, -0.05) is 12.8 Å². The summed E-state index contributed by atoms with van der Waals surface area (Å²) in [6, 6.07) is 0.369. The summed E-state index contributed by atoms with van der Waals surface area (Å²) in [5.41, 5.74) is 0. The fraction of sp³-hybridized carbons (Fsp3) is 1.00. The standard InChI is InChI=1S/C7H13F2N.ClH/c8-7(9)5-10-6-3-1-2-4-6;/h6-7,10H,1-5H2;1H. The van der Waals surface area contributed by atoms with Crippen LogP contribution in [0.15, 0.2) is 0 Å². The van der Waals surface area contributed by atoms with Crippen molar-refractivity contribution in [1.82, 2.24) is 5.32 Å². The zero-order valence-corrected chi connectivity index (χ0v) is 7.17. The Morgan fingerprint density at radius 3 is 2.27 bits per heavy atom. The highest BCUT2D eigenvalue weighted by atomic mass is 35.5. The number of hydrogen-bond acceptors (Lipinski definition) is 1. The first-order chi connectivity index (χ1) is 4.79. The first-order valence-electron chi connectivity index (χ1n) is 3.80. The van der Waals surface area contributed by atoms with Gasteiger partial charge in [0.05, 0.1) is 6.54 Å². The highest BCUT2D eigenvalue weighted by Crippen LogP contribution is 2.17. The fourth-order valence-corrected chi connectivity index (χ4v) is 1.39. The third-order valence-corrected chi connectivity index (χ3v) is 1.92. The van der Waals surface area contributed by atoms with Crippen molar-refractivity contribution in [3.63, 3.8) is 0 Å². The number of hydrogen-bond donors (Lipinski definition) is 1. The average molecular weight is 186 g/mol. The third-order valence-electron chi connectivity index (χ3n) is 1.92. The van der Waals surface area contributed by atoms with E-state index in [-0.39, 0.29) is 19.0 Å². The zero-order valence-electron chi connectivity index (χ0n) is 6.35.